The summed E-state index contributed by atoms with van der Waals surface area (Å²) in [4.78, 5) is 45.7. The van der Waals surface area contributed by atoms with Crippen molar-refractivity contribution in [3.05, 3.63) is 12.2 Å². The Morgan fingerprint density at radius 2 is 1.00 bits per heavy atom. The number of allylic oxidation sites excluding steroid dienone is 2. The molecule has 4 N–H and O–H groups in total. The summed E-state index contributed by atoms with van der Waals surface area (Å²) in [5, 5.41) is 8.85. The number of esters is 2. The maximum Gasteiger partial charge on any atom is 0.472 e. The average Bonchev–Trinajstić information content (AvgIpc) is 3.09. The molecule has 12 heteroatoms. The van der Waals surface area contributed by atoms with E-state index < -0.39 is 51.1 Å². The number of carboxylic acid groups (broad SMARTS) is 1. The molecule has 0 amide bonds. The molecule has 11 nitrogen and oxygen atoms in total. The Labute approximate surface area is 303 Å². The molecule has 0 radical (unpaired) electrons. The van der Waals surface area contributed by atoms with Gasteiger partial charge < -0.3 is 25.2 Å². The fourth-order valence-electron chi connectivity index (χ4n) is 5.35. The van der Waals surface area contributed by atoms with Gasteiger partial charge in [-0.1, -0.05) is 142 Å². The number of rotatable bonds is 37. The molecule has 0 rings (SSSR count). The number of unbranched alkanes of at least 4 members (excludes halogenated alkanes) is 21. The van der Waals surface area contributed by atoms with Crippen molar-refractivity contribution in [1.82, 2.24) is 0 Å². The largest absolute Gasteiger partial charge is 0.480 e. The fourth-order valence-corrected chi connectivity index (χ4v) is 6.13. The van der Waals surface area contributed by atoms with Crippen LogP contribution < -0.4 is 5.73 Å². The van der Waals surface area contributed by atoms with E-state index in [1.54, 1.807) is 0 Å². The Balaban J connectivity index is 4.40. The molecule has 294 valence electrons. The number of phosphoric ester groups is 1. The number of ether oxygens (including phenoxy) is 2. The fraction of sp³-hybridized carbons (Fsp3) is 0.868. The molecule has 0 aromatic heterocycles. The molecule has 3 atom stereocenters. The summed E-state index contributed by atoms with van der Waals surface area (Å²) < 4.78 is 32.5. The van der Waals surface area contributed by atoms with E-state index >= 15 is 0 Å². The quantitative estimate of drug-likeness (QED) is 0.0240. The van der Waals surface area contributed by atoms with E-state index in [4.69, 9.17) is 24.8 Å². The average molecular weight is 734 g/mol. The predicted octanol–water partition coefficient (Wildman–Crippen LogP) is 9.73. The third-order valence-corrected chi connectivity index (χ3v) is 9.46. The van der Waals surface area contributed by atoms with Crippen LogP contribution in [0.2, 0.25) is 0 Å². The monoisotopic (exact) mass is 733 g/mol. The summed E-state index contributed by atoms with van der Waals surface area (Å²) >= 11 is 0. The van der Waals surface area contributed by atoms with Crippen molar-refractivity contribution in [2.24, 2.45) is 5.73 Å². The van der Waals surface area contributed by atoms with Gasteiger partial charge >= 0.3 is 25.7 Å². The van der Waals surface area contributed by atoms with Gasteiger partial charge in [-0.3, -0.25) is 23.4 Å². The van der Waals surface area contributed by atoms with Crippen molar-refractivity contribution in [2.75, 3.05) is 19.8 Å². The molecule has 0 aliphatic carbocycles. The number of aliphatic carboxylic acids is 1. The summed E-state index contributed by atoms with van der Waals surface area (Å²) in [5.74, 6) is -2.38. The number of carboxylic acids is 1. The molecular formula is C38H72NO10P. The topological polar surface area (TPSA) is 172 Å². The Morgan fingerprint density at radius 3 is 1.46 bits per heavy atom. The van der Waals surface area contributed by atoms with Gasteiger partial charge in [-0.05, 0) is 38.5 Å². The summed E-state index contributed by atoms with van der Waals surface area (Å²) in [6, 6.07) is -1.52. The van der Waals surface area contributed by atoms with Gasteiger partial charge in [0, 0.05) is 12.8 Å². The Morgan fingerprint density at radius 1 is 0.600 bits per heavy atom. The molecule has 0 bridgehead atoms. The smallest absolute Gasteiger partial charge is 0.472 e. The zero-order valence-corrected chi connectivity index (χ0v) is 32.4. The van der Waals surface area contributed by atoms with Crippen LogP contribution in [-0.2, 0) is 37.5 Å². The van der Waals surface area contributed by atoms with Crippen LogP contribution in [0.3, 0.4) is 0 Å². The van der Waals surface area contributed by atoms with Crippen molar-refractivity contribution >= 4 is 25.7 Å². The molecule has 0 aromatic carbocycles. The van der Waals surface area contributed by atoms with Gasteiger partial charge in [0.05, 0.1) is 13.2 Å². The van der Waals surface area contributed by atoms with E-state index in [-0.39, 0.29) is 19.4 Å². The predicted molar refractivity (Wildman–Crippen MR) is 199 cm³/mol. The zero-order valence-electron chi connectivity index (χ0n) is 31.5. The lowest BCUT2D eigenvalue weighted by Gasteiger charge is -2.20. The molecule has 0 aliphatic heterocycles. The molecule has 3 unspecified atom stereocenters. The van der Waals surface area contributed by atoms with Crippen LogP contribution >= 0.6 is 7.82 Å². The third kappa shape index (κ3) is 33.4. The summed E-state index contributed by atoms with van der Waals surface area (Å²) in [5.41, 5.74) is 5.31. The Hall–Kier alpha value is -1.78. The Kier molecular flexibility index (Phi) is 33.1. The number of nitrogens with two attached hydrogens (primary N) is 1. The molecule has 0 heterocycles. The summed E-state index contributed by atoms with van der Waals surface area (Å²) in [6.07, 6.45) is 31.4. The molecule has 50 heavy (non-hydrogen) atoms. The van der Waals surface area contributed by atoms with Crippen molar-refractivity contribution in [1.29, 1.82) is 0 Å². The maximum absolute atomic E-state index is 12.5. The molecule has 0 saturated carbocycles. The Bertz CT molecular complexity index is 916. The van der Waals surface area contributed by atoms with Gasteiger partial charge in [-0.2, -0.15) is 0 Å². The highest BCUT2D eigenvalue weighted by Gasteiger charge is 2.28. The van der Waals surface area contributed by atoms with E-state index in [0.29, 0.717) is 12.8 Å². The van der Waals surface area contributed by atoms with Crippen LogP contribution in [0, 0.1) is 0 Å². The number of carbonyl (C=O) groups excluding carboxylic acids is 2. The van der Waals surface area contributed by atoms with Crippen molar-refractivity contribution in [3.8, 4) is 0 Å². The minimum Gasteiger partial charge on any atom is -0.480 e. The van der Waals surface area contributed by atoms with Gasteiger partial charge in [0.25, 0.3) is 0 Å². The number of hydrogen-bond donors (Lipinski definition) is 3. The molecule has 0 saturated heterocycles. The lowest BCUT2D eigenvalue weighted by molar-refractivity contribution is -0.161. The number of phosphoric acid groups is 1. The van der Waals surface area contributed by atoms with E-state index in [0.717, 1.165) is 57.8 Å². The second kappa shape index (κ2) is 34.3. The first-order valence-corrected chi connectivity index (χ1v) is 21.2. The van der Waals surface area contributed by atoms with Gasteiger partial charge in [0.15, 0.2) is 6.10 Å². The van der Waals surface area contributed by atoms with E-state index in [1.807, 2.05) is 0 Å². The van der Waals surface area contributed by atoms with Crippen molar-refractivity contribution < 1.29 is 47.5 Å². The third-order valence-electron chi connectivity index (χ3n) is 8.51. The van der Waals surface area contributed by atoms with Crippen molar-refractivity contribution in [3.63, 3.8) is 0 Å². The van der Waals surface area contributed by atoms with Gasteiger partial charge in [-0.15, -0.1) is 0 Å². The van der Waals surface area contributed by atoms with Gasteiger partial charge in [0.2, 0.25) is 0 Å². The van der Waals surface area contributed by atoms with Crippen LogP contribution in [0.25, 0.3) is 0 Å². The lowest BCUT2D eigenvalue weighted by Crippen LogP contribution is -2.34. The highest BCUT2D eigenvalue weighted by Crippen LogP contribution is 2.43. The van der Waals surface area contributed by atoms with Crippen LogP contribution in [0.5, 0.6) is 0 Å². The SMILES string of the molecule is CCCCCCCCC=CCCCCCCCC(=O)OCC(COP(=O)(O)OCC(N)C(=O)O)OC(=O)CCCCCCCCCCCCC. The minimum absolute atomic E-state index is 0.164. The van der Waals surface area contributed by atoms with Crippen LogP contribution in [0.1, 0.15) is 181 Å². The van der Waals surface area contributed by atoms with Gasteiger partial charge in [0.1, 0.15) is 12.6 Å². The molecule has 0 aromatic rings. The second-order valence-electron chi connectivity index (χ2n) is 13.4. The van der Waals surface area contributed by atoms with Crippen molar-refractivity contribution in [2.45, 2.75) is 193 Å². The van der Waals surface area contributed by atoms with E-state index in [1.165, 1.54) is 83.5 Å². The molecular weight excluding hydrogens is 661 g/mol. The van der Waals surface area contributed by atoms with Crippen LogP contribution in [0.15, 0.2) is 12.2 Å². The highest BCUT2D eigenvalue weighted by atomic mass is 31.2. The number of hydrogen-bond acceptors (Lipinski definition) is 9. The second-order valence-corrected chi connectivity index (χ2v) is 14.9. The first-order chi connectivity index (χ1) is 24.1. The minimum atomic E-state index is -4.70. The molecule has 0 fully saturated rings. The van der Waals surface area contributed by atoms with Crippen LogP contribution in [0.4, 0.5) is 0 Å². The van der Waals surface area contributed by atoms with Gasteiger partial charge in [-0.25, -0.2) is 4.57 Å². The van der Waals surface area contributed by atoms with E-state index in [2.05, 4.69) is 30.5 Å². The first kappa shape index (κ1) is 48.2. The summed E-state index contributed by atoms with van der Waals surface area (Å²) in [6.45, 7) is 2.77. The summed E-state index contributed by atoms with van der Waals surface area (Å²) in [7, 11) is -4.70. The number of carbonyl (C=O) groups is 3. The maximum atomic E-state index is 12.5. The van der Waals surface area contributed by atoms with Crippen LogP contribution in [-0.4, -0.2) is 59.9 Å². The molecule has 0 spiro atoms. The normalized spacial score (nSPS) is 14.0. The first-order valence-electron chi connectivity index (χ1n) is 19.7. The standard InChI is InChI=1S/C38H72NO10P/c1-3-5-7-9-11-13-15-16-17-18-20-21-23-25-27-29-36(40)46-31-34(32-47-50(44,45)48-33-35(39)38(42)43)49-37(41)30-28-26-24-22-19-14-12-10-8-6-4-2/h16-17,34-35H,3-15,18-33,39H2,1-2H3,(H,42,43)(H,44,45). The lowest BCUT2D eigenvalue weighted by atomic mass is 10.1. The molecule has 0 aliphatic rings. The zero-order chi connectivity index (χ0) is 37.1. The highest BCUT2D eigenvalue weighted by molar-refractivity contribution is 7.47. The van der Waals surface area contributed by atoms with E-state index in [9.17, 15) is 23.8 Å².